The van der Waals surface area contributed by atoms with Gasteiger partial charge in [0.05, 0.1) is 17.3 Å². The molecule has 2 heterocycles. The van der Waals surface area contributed by atoms with Crippen LogP contribution >= 0.6 is 11.6 Å². The molecule has 1 atom stereocenters. The van der Waals surface area contributed by atoms with Crippen LogP contribution in [0.3, 0.4) is 0 Å². The maximum Gasteiger partial charge on any atom is 0.409 e. The van der Waals surface area contributed by atoms with Crippen LogP contribution in [-0.2, 0) is 4.74 Å². The number of amides is 2. The number of anilines is 1. The number of hydrogen-bond acceptors (Lipinski definition) is 4. The smallest absolute Gasteiger partial charge is 0.409 e. The summed E-state index contributed by atoms with van der Waals surface area (Å²) in [6.45, 7) is 3.31. The Morgan fingerprint density at radius 2 is 1.83 bits per heavy atom. The highest BCUT2D eigenvalue weighted by Gasteiger charge is 2.42. The Balaban J connectivity index is 1.57. The third-order valence-corrected chi connectivity index (χ3v) is 5.88. The minimum absolute atomic E-state index is 0.0136. The predicted octanol–water partition coefficient (Wildman–Crippen LogP) is 4.53. The van der Waals surface area contributed by atoms with Gasteiger partial charge in [-0.25, -0.2) is 4.79 Å². The Labute approximate surface area is 175 Å². The van der Waals surface area contributed by atoms with E-state index < -0.39 is 0 Å². The molecule has 4 rings (SSSR count). The number of benzene rings is 2. The van der Waals surface area contributed by atoms with Gasteiger partial charge in [0.1, 0.15) is 6.17 Å². The maximum atomic E-state index is 13.2. The fraction of sp³-hybridized carbons (Fsp3) is 0.364. The summed E-state index contributed by atoms with van der Waals surface area (Å²) in [5.74, 6) is 0.0136. The van der Waals surface area contributed by atoms with Crippen molar-refractivity contribution in [3.8, 4) is 0 Å². The van der Waals surface area contributed by atoms with Crippen LogP contribution in [0.1, 0.15) is 41.9 Å². The maximum absolute atomic E-state index is 13.2. The van der Waals surface area contributed by atoms with E-state index in [1.165, 1.54) is 0 Å². The van der Waals surface area contributed by atoms with Crippen molar-refractivity contribution in [1.29, 1.82) is 0 Å². The number of ether oxygens (including phenoxy) is 1. The molecule has 2 aliphatic heterocycles. The van der Waals surface area contributed by atoms with Crippen LogP contribution in [-0.4, -0.2) is 47.5 Å². The van der Waals surface area contributed by atoms with Gasteiger partial charge in [-0.1, -0.05) is 41.9 Å². The van der Waals surface area contributed by atoms with E-state index in [9.17, 15) is 9.59 Å². The molecular formula is C22H24ClN3O3. The molecule has 2 aromatic carbocycles. The molecule has 7 heteroatoms. The number of piperidine rings is 1. The van der Waals surface area contributed by atoms with Crippen LogP contribution < -0.4 is 5.32 Å². The topological polar surface area (TPSA) is 61.9 Å². The van der Waals surface area contributed by atoms with Gasteiger partial charge in [-0.3, -0.25) is 4.79 Å². The molecule has 29 heavy (non-hydrogen) atoms. The van der Waals surface area contributed by atoms with Crippen molar-refractivity contribution in [3.63, 3.8) is 0 Å². The van der Waals surface area contributed by atoms with E-state index in [0.717, 1.165) is 11.3 Å². The van der Waals surface area contributed by atoms with Gasteiger partial charge in [-0.05, 0) is 38.0 Å². The molecule has 6 nitrogen and oxygen atoms in total. The van der Waals surface area contributed by atoms with Gasteiger partial charge in [-0.15, -0.1) is 0 Å². The second-order valence-electron chi connectivity index (χ2n) is 7.24. The van der Waals surface area contributed by atoms with Crippen molar-refractivity contribution < 1.29 is 14.3 Å². The van der Waals surface area contributed by atoms with Crippen LogP contribution in [0.2, 0.25) is 5.02 Å². The van der Waals surface area contributed by atoms with Crippen LogP contribution in [0.5, 0.6) is 0 Å². The summed E-state index contributed by atoms with van der Waals surface area (Å²) >= 11 is 6.36. The van der Waals surface area contributed by atoms with Crippen LogP contribution in [0.4, 0.5) is 10.5 Å². The normalized spacial score (nSPS) is 19.2. The minimum Gasteiger partial charge on any atom is -0.450 e. The minimum atomic E-state index is -0.294. The number of carbonyl (C=O) groups excluding carboxylic acids is 2. The average Bonchev–Trinajstić information content (AvgIpc) is 3.02. The second kappa shape index (κ2) is 8.33. The Hall–Kier alpha value is -2.73. The number of hydrogen-bond donors (Lipinski definition) is 1. The number of rotatable bonds is 4. The predicted molar refractivity (Wildman–Crippen MR) is 112 cm³/mol. The Morgan fingerprint density at radius 3 is 2.55 bits per heavy atom. The van der Waals surface area contributed by atoms with Gasteiger partial charge < -0.3 is 19.9 Å². The number of carbonyl (C=O) groups is 2. The largest absolute Gasteiger partial charge is 0.450 e. The van der Waals surface area contributed by atoms with E-state index in [1.807, 2.05) is 53.4 Å². The lowest BCUT2D eigenvalue weighted by Gasteiger charge is -2.39. The Morgan fingerprint density at radius 1 is 1.14 bits per heavy atom. The van der Waals surface area contributed by atoms with E-state index in [4.69, 9.17) is 16.3 Å². The van der Waals surface area contributed by atoms with Crippen LogP contribution in [0, 0.1) is 0 Å². The molecule has 1 saturated heterocycles. The van der Waals surface area contributed by atoms with Gasteiger partial charge >= 0.3 is 6.09 Å². The van der Waals surface area contributed by atoms with Gasteiger partial charge in [0.15, 0.2) is 0 Å². The van der Waals surface area contributed by atoms with Crippen molar-refractivity contribution in [2.75, 3.05) is 25.0 Å². The quantitative estimate of drug-likeness (QED) is 0.800. The Bertz CT molecular complexity index is 912. The Kier molecular flexibility index (Phi) is 5.62. The first-order valence-electron chi connectivity index (χ1n) is 9.94. The van der Waals surface area contributed by atoms with E-state index in [2.05, 4.69) is 5.32 Å². The molecule has 0 spiro atoms. The molecule has 1 N–H and O–H groups in total. The van der Waals surface area contributed by atoms with E-state index in [0.29, 0.717) is 43.1 Å². The van der Waals surface area contributed by atoms with Gasteiger partial charge in [-0.2, -0.15) is 0 Å². The molecule has 0 saturated carbocycles. The lowest BCUT2D eigenvalue weighted by molar-refractivity contribution is 0.0496. The van der Waals surface area contributed by atoms with Gasteiger partial charge in [0.2, 0.25) is 0 Å². The molecule has 0 unspecified atom stereocenters. The summed E-state index contributed by atoms with van der Waals surface area (Å²) in [5, 5.41) is 4.08. The van der Waals surface area contributed by atoms with Gasteiger partial charge in [0.25, 0.3) is 5.91 Å². The summed E-state index contributed by atoms with van der Waals surface area (Å²) < 4.78 is 5.11. The van der Waals surface area contributed by atoms with E-state index in [1.54, 1.807) is 11.8 Å². The first-order chi connectivity index (χ1) is 14.1. The molecule has 2 aromatic rings. The summed E-state index contributed by atoms with van der Waals surface area (Å²) in [5.41, 5.74) is 2.45. The van der Waals surface area contributed by atoms with Gasteiger partial charge in [0, 0.05) is 30.3 Å². The summed E-state index contributed by atoms with van der Waals surface area (Å²) in [6.07, 6.45) is 0.837. The first kappa shape index (κ1) is 19.6. The summed E-state index contributed by atoms with van der Waals surface area (Å²) in [4.78, 5) is 28.9. The molecular weight excluding hydrogens is 390 g/mol. The zero-order valence-electron chi connectivity index (χ0n) is 16.3. The third kappa shape index (κ3) is 3.77. The standard InChI is InChI=1S/C22H24ClN3O3/c1-2-29-22(28)25-13-11-15(12-14-25)26-20(24-19-10-6-5-9-18(19)23)16-7-3-4-8-17(16)21(26)27/h3-10,15,20,24H,2,11-14H2,1H3/t20-/m1/s1. The lowest BCUT2D eigenvalue weighted by Crippen LogP contribution is -2.49. The molecule has 0 aromatic heterocycles. The average molecular weight is 414 g/mol. The fourth-order valence-electron chi connectivity index (χ4n) is 4.13. The third-order valence-electron chi connectivity index (χ3n) is 5.55. The molecule has 1 fully saturated rings. The monoisotopic (exact) mass is 413 g/mol. The van der Waals surface area contributed by atoms with E-state index >= 15 is 0 Å². The molecule has 0 bridgehead atoms. The highest BCUT2D eigenvalue weighted by atomic mass is 35.5. The number of para-hydroxylation sites is 1. The zero-order valence-corrected chi connectivity index (χ0v) is 17.1. The first-order valence-corrected chi connectivity index (χ1v) is 10.3. The lowest BCUT2D eigenvalue weighted by atomic mass is 10.0. The van der Waals surface area contributed by atoms with Crippen molar-refractivity contribution >= 4 is 29.3 Å². The molecule has 0 aliphatic carbocycles. The number of nitrogens with zero attached hydrogens (tertiary/aromatic N) is 2. The number of halogens is 1. The zero-order chi connectivity index (χ0) is 20.4. The highest BCUT2D eigenvalue weighted by Crippen LogP contribution is 2.39. The second-order valence-corrected chi connectivity index (χ2v) is 7.65. The molecule has 2 aliphatic rings. The fourth-order valence-corrected chi connectivity index (χ4v) is 4.32. The van der Waals surface area contributed by atoms with E-state index in [-0.39, 0.29) is 24.2 Å². The summed E-state index contributed by atoms with van der Waals surface area (Å²) in [7, 11) is 0. The summed E-state index contributed by atoms with van der Waals surface area (Å²) in [6, 6.07) is 15.2. The highest BCUT2D eigenvalue weighted by molar-refractivity contribution is 6.33. The van der Waals surface area contributed by atoms with Crippen LogP contribution in [0.25, 0.3) is 0 Å². The van der Waals surface area contributed by atoms with Crippen molar-refractivity contribution in [2.24, 2.45) is 0 Å². The number of nitrogens with one attached hydrogen (secondary N) is 1. The molecule has 0 radical (unpaired) electrons. The SMILES string of the molecule is CCOC(=O)N1CCC(N2C(=O)c3ccccc3[C@@H]2Nc2ccccc2Cl)CC1. The van der Waals surface area contributed by atoms with Crippen LogP contribution in [0.15, 0.2) is 48.5 Å². The molecule has 152 valence electrons. The number of fused-ring (bicyclic) bond motifs is 1. The van der Waals surface area contributed by atoms with Crippen molar-refractivity contribution in [3.05, 3.63) is 64.7 Å². The van der Waals surface area contributed by atoms with Crippen molar-refractivity contribution in [1.82, 2.24) is 9.80 Å². The molecule has 2 amide bonds. The van der Waals surface area contributed by atoms with Crippen molar-refractivity contribution in [2.45, 2.75) is 32.0 Å². The number of likely N-dealkylation sites (tertiary alicyclic amines) is 1.